The van der Waals surface area contributed by atoms with Crippen LogP contribution in [0.15, 0.2) is 47.2 Å². The summed E-state index contributed by atoms with van der Waals surface area (Å²) in [7, 11) is 0. The standard InChI is InChI=1S/C15H13ClN2O2/c16-11-3-4-13-12(8-11)10(9-18-13)5-6-17-15(19)14-2-1-7-20-14/h1-4,7-9,18H,5-6H2,(H,17,19). The van der Waals surface area contributed by atoms with E-state index in [0.29, 0.717) is 17.3 Å². The fraction of sp³-hybridized carbons (Fsp3) is 0.133. The molecule has 2 heterocycles. The molecule has 0 fully saturated rings. The van der Waals surface area contributed by atoms with Gasteiger partial charge in [-0.15, -0.1) is 0 Å². The van der Waals surface area contributed by atoms with E-state index in [2.05, 4.69) is 10.3 Å². The number of carbonyl (C=O) groups excluding carboxylic acids is 1. The number of hydrogen-bond donors (Lipinski definition) is 2. The van der Waals surface area contributed by atoms with Crippen LogP contribution in [-0.2, 0) is 6.42 Å². The molecule has 3 aromatic rings. The highest BCUT2D eigenvalue weighted by atomic mass is 35.5. The third-order valence-corrected chi connectivity index (χ3v) is 3.39. The molecule has 0 radical (unpaired) electrons. The maximum Gasteiger partial charge on any atom is 0.286 e. The minimum absolute atomic E-state index is 0.201. The normalized spacial score (nSPS) is 10.8. The van der Waals surface area contributed by atoms with E-state index in [0.717, 1.165) is 22.9 Å². The van der Waals surface area contributed by atoms with Crippen LogP contribution >= 0.6 is 11.6 Å². The van der Waals surface area contributed by atoms with Gasteiger partial charge in [-0.2, -0.15) is 0 Å². The van der Waals surface area contributed by atoms with Gasteiger partial charge in [-0.25, -0.2) is 0 Å². The fourth-order valence-corrected chi connectivity index (χ4v) is 2.34. The van der Waals surface area contributed by atoms with Crippen molar-refractivity contribution in [3.8, 4) is 0 Å². The van der Waals surface area contributed by atoms with Crippen LogP contribution in [0.3, 0.4) is 0 Å². The van der Waals surface area contributed by atoms with E-state index in [1.54, 1.807) is 12.1 Å². The van der Waals surface area contributed by atoms with Gasteiger partial charge in [0.25, 0.3) is 5.91 Å². The lowest BCUT2D eigenvalue weighted by Gasteiger charge is -2.02. The number of carbonyl (C=O) groups is 1. The lowest BCUT2D eigenvalue weighted by atomic mass is 10.1. The second-order valence-electron chi connectivity index (χ2n) is 4.49. The summed E-state index contributed by atoms with van der Waals surface area (Å²) in [5.41, 5.74) is 2.17. The molecule has 0 saturated carbocycles. The topological polar surface area (TPSA) is 58.0 Å². The smallest absolute Gasteiger partial charge is 0.286 e. The monoisotopic (exact) mass is 288 g/mol. The maximum atomic E-state index is 11.7. The van der Waals surface area contributed by atoms with Crippen LogP contribution in [0.5, 0.6) is 0 Å². The van der Waals surface area contributed by atoms with Crippen molar-refractivity contribution in [2.75, 3.05) is 6.54 Å². The molecule has 3 rings (SSSR count). The highest BCUT2D eigenvalue weighted by Gasteiger charge is 2.08. The van der Waals surface area contributed by atoms with Crippen molar-refractivity contribution < 1.29 is 9.21 Å². The zero-order valence-electron chi connectivity index (χ0n) is 10.7. The Labute approximate surface area is 120 Å². The molecule has 4 nitrogen and oxygen atoms in total. The van der Waals surface area contributed by atoms with E-state index in [1.807, 2.05) is 24.4 Å². The molecule has 20 heavy (non-hydrogen) atoms. The second-order valence-corrected chi connectivity index (χ2v) is 4.92. The number of amides is 1. The first kappa shape index (κ1) is 12.8. The molecule has 0 bridgehead atoms. The van der Waals surface area contributed by atoms with Gasteiger partial charge in [0, 0.05) is 28.7 Å². The number of benzene rings is 1. The largest absolute Gasteiger partial charge is 0.459 e. The van der Waals surface area contributed by atoms with Gasteiger partial charge in [0.05, 0.1) is 6.26 Å². The third kappa shape index (κ3) is 2.56. The van der Waals surface area contributed by atoms with Gasteiger partial charge >= 0.3 is 0 Å². The molecule has 0 saturated heterocycles. The molecule has 2 aromatic heterocycles. The van der Waals surface area contributed by atoms with Crippen molar-refractivity contribution in [2.24, 2.45) is 0 Å². The van der Waals surface area contributed by atoms with Crippen LogP contribution in [-0.4, -0.2) is 17.4 Å². The van der Waals surface area contributed by atoms with Gasteiger partial charge in [0.2, 0.25) is 0 Å². The van der Waals surface area contributed by atoms with E-state index in [4.69, 9.17) is 16.0 Å². The summed E-state index contributed by atoms with van der Waals surface area (Å²) in [5, 5.41) is 4.62. The molecular weight excluding hydrogens is 276 g/mol. The van der Waals surface area contributed by atoms with E-state index >= 15 is 0 Å². The van der Waals surface area contributed by atoms with Gasteiger partial charge in [0.1, 0.15) is 0 Å². The first-order valence-electron chi connectivity index (χ1n) is 6.31. The molecule has 0 aliphatic heterocycles. The minimum Gasteiger partial charge on any atom is -0.459 e. The SMILES string of the molecule is O=C(NCCc1c[nH]c2ccc(Cl)cc12)c1ccco1. The number of halogens is 1. The summed E-state index contributed by atoms with van der Waals surface area (Å²) >= 11 is 6.00. The van der Waals surface area contributed by atoms with E-state index in [1.165, 1.54) is 6.26 Å². The average Bonchev–Trinajstić information content (AvgIpc) is 3.08. The van der Waals surface area contributed by atoms with Crippen molar-refractivity contribution in [2.45, 2.75) is 6.42 Å². The Hall–Kier alpha value is -2.20. The molecule has 2 N–H and O–H groups in total. The quantitative estimate of drug-likeness (QED) is 0.773. The number of aromatic nitrogens is 1. The summed E-state index contributed by atoms with van der Waals surface area (Å²) in [5.74, 6) is 0.125. The van der Waals surface area contributed by atoms with Crippen LogP contribution in [0.2, 0.25) is 5.02 Å². The van der Waals surface area contributed by atoms with Crippen LogP contribution in [0.25, 0.3) is 10.9 Å². The summed E-state index contributed by atoms with van der Waals surface area (Å²) in [6.45, 7) is 0.541. The maximum absolute atomic E-state index is 11.7. The first-order chi connectivity index (χ1) is 9.74. The summed E-state index contributed by atoms with van der Waals surface area (Å²) < 4.78 is 5.03. The Morgan fingerprint density at radius 2 is 2.25 bits per heavy atom. The molecule has 0 aliphatic rings. The lowest BCUT2D eigenvalue weighted by molar-refractivity contribution is 0.0926. The number of rotatable bonds is 4. The second kappa shape index (κ2) is 5.43. The van der Waals surface area contributed by atoms with Crippen LogP contribution < -0.4 is 5.32 Å². The summed E-state index contributed by atoms with van der Waals surface area (Å²) in [6.07, 6.45) is 4.16. The molecule has 1 aromatic carbocycles. The summed E-state index contributed by atoms with van der Waals surface area (Å²) in [4.78, 5) is 14.9. The molecule has 0 spiro atoms. The van der Waals surface area contributed by atoms with Crippen molar-refractivity contribution in [3.63, 3.8) is 0 Å². The zero-order chi connectivity index (χ0) is 13.9. The van der Waals surface area contributed by atoms with Gasteiger partial charge in [-0.05, 0) is 42.3 Å². The Kier molecular flexibility index (Phi) is 3.48. The molecule has 102 valence electrons. The number of furan rings is 1. The highest BCUT2D eigenvalue weighted by molar-refractivity contribution is 6.31. The number of fused-ring (bicyclic) bond motifs is 1. The van der Waals surface area contributed by atoms with Crippen LogP contribution in [0.1, 0.15) is 16.1 Å². The molecule has 1 amide bonds. The van der Waals surface area contributed by atoms with Crippen molar-refractivity contribution >= 4 is 28.4 Å². The molecule has 0 aliphatic carbocycles. The van der Waals surface area contributed by atoms with Crippen molar-refractivity contribution in [3.05, 3.63) is 59.1 Å². The number of aromatic amines is 1. The number of H-pyrrole nitrogens is 1. The molecule has 0 atom stereocenters. The molecule has 5 heteroatoms. The first-order valence-corrected chi connectivity index (χ1v) is 6.69. The van der Waals surface area contributed by atoms with Crippen molar-refractivity contribution in [1.29, 1.82) is 0 Å². The third-order valence-electron chi connectivity index (χ3n) is 3.15. The molecular formula is C15H13ClN2O2. The van der Waals surface area contributed by atoms with Crippen LogP contribution in [0, 0.1) is 0 Å². The van der Waals surface area contributed by atoms with Gasteiger partial charge < -0.3 is 14.7 Å². The Bertz CT molecular complexity index is 732. The van der Waals surface area contributed by atoms with Gasteiger partial charge in [0.15, 0.2) is 5.76 Å². The fourth-order valence-electron chi connectivity index (χ4n) is 2.16. The van der Waals surface area contributed by atoms with E-state index in [-0.39, 0.29) is 5.91 Å². The Balaban J connectivity index is 1.65. The molecule has 0 unspecified atom stereocenters. The average molecular weight is 289 g/mol. The van der Waals surface area contributed by atoms with Crippen LogP contribution in [0.4, 0.5) is 0 Å². The highest BCUT2D eigenvalue weighted by Crippen LogP contribution is 2.22. The van der Waals surface area contributed by atoms with Gasteiger partial charge in [-0.3, -0.25) is 4.79 Å². The Morgan fingerprint density at radius 3 is 3.05 bits per heavy atom. The predicted octanol–water partition coefficient (Wildman–Crippen LogP) is 3.39. The number of nitrogens with one attached hydrogen (secondary N) is 2. The lowest BCUT2D eigenvalue weighted by Crippen LogP contribution is -2.25. The van der Waals surface area contributed by atoms with Gasteiger partial charge in [-0.1, -0.05) is 11.6 Å². The predicted molar refractivity (Wildman–Crippen MR) is 78.1 cm³/mol. The van der Waals surface area contributed by atoms with Crippen molar-refractivity contribution in [1.82, 2.24) is 10.3 Å². The zero-order valence-corrected chi connectivity index (χ0v) is 11.4. The number of hydrogen-bond acceptors (Lipinski definition) is 2. The summed E-state index contributed by atoms with van der Waals surface area (Å²) in [6, 6.07) is 9.06. The van der Waals surface area contributed by atoms with E-state index < -0.39 is 0 Å². The Morgan fingerprint density at radius 1 is 1.35 bits per heavy atom. The minimum atomic E-state index is -0.201. The van der Waals surface area contributed by atoms with E-state index in [9.17, 15) is 4.79 Å².